The fourth-order valence-corrected chi connectivity index (χ4v) is 2.29. The quantitative estimate of drug-likeness (QED) is 0.873. The Labute approximate surface area is 140 Å². The van der Waals surface area contributed by atoms with Gasteiger partial charge >= 0.3 is 5.97 Å². The zero-order valence-corrected chi connectivity index (χ0v) is 13.8. The number of halogens is 1. The van der Waals surface area contributed by atoms with Crippen LogP contribution in [0.15, 0.2) is 48.5 Å². The van der Waals surface area contributed by atoms with Gasteiger partial charge in [0.25, 0.3) is 0 Å². The molecule has 24 heavy (non-hydrogen) atoms. The molecule has 0 aromatic heterocycles. The Kier molecular flexibility index (Phi) is 5.02. The summed E-state index contributed by atoms with van der Waals surface area (Å²) in [5.74, 6) is -2.18. The van der Waals surface area contributed by atoms with E-state index in [1.54, 1.807) is 57.2 Å². The van der Waals surface area contributed by atoms with Gasteiger partial charge in [-0.05, 0) is 56.2 Å². The predicted molar refractivity (Wildman–Crippen MR) is 90.5 cm³/mol. The number of rotatable bonds is 5. The summed E-state index contributed by atoms with van der Waals surface area (Å²) in [4.78, 5) is 23.5. The van der Waals surface area contributed by atoms with E-state index >= 15 is 0 Å². The van der Waals surface area contributed by atoms with Gasteiger partial charge in [-0.15, -0.1) is 0 Å². The van der Waals surface area contributed by atoms with E-state index in [0.29, 0.717) is 16.8 Å². The molecular weight excluding hydrogens is 309 g/mol. The predicted octanol–water partition coefficient (Wildman–Crippen LogP) is 3.93. The van der Waals surface area contributed by atoms with Gasteiger partial charge in [0, 0.05) is 5.69 Å². The van der Waals surface area contributed by atoms with Crippen LogP contribution >= 0.6 is 0 Å². The van der Waals surface area contributed by atoms with Crippen LogP contribution in [0, 0.1) is 5.82 Å². The normalized spacial score (nSPS) is 12.5. The molecule has 0 spiro atoms. The summed E-state index contributed by atoms with van der Waals surface area (Å²) in [6.45, 7) is 5.04. The van der Waals surface area contributed by atoms with Crippen molar-refractivity contribution in [1.82, 2.24) is 0 Å². The van der Waals surface area contributed by atoms with Crippen LogP contribution in [-0.4, -0.2) is 17.0 Å². The smallest absolute Gasteiger partial charge is 0.310 e. The molecule has 1 atom stereocenters. The van der Waals surface area contributed by atoms with Gasteiger partial charge in [-0.25, -0.2) is 4.39 Å². The molecule has 0 aliphatic heterocycles. The zero-order valence-electron chi connectivity index (χ0n) is 13.8. The van der Waals surface area contributed by atoms with E-state index in [1.165, 1.54) is 12.1 Å². The van der Waals surface area contributed by atoms with Crippen LogP contribution in [0.25, 0.3) is 0 Å². The van der Waals surface area contributed by atoms with E-state index in [9.17, 15) is 14.0 Å². The van der Waals surface area contributed by atoms with E-state index < -0.39 is 17.3 Å². The minimum atomic E-state index is -0.908. The van der Waals surface area contributed by atoms with Crippen LogP contribution in [0.2, 0.25) is 0 Å². The highest BCUT2D eigenvalue weighted by Gasteiger charge is 2.30. The molecule has 0 fully saturated rings. The Balaban J connectivity index is 2.15. The number of amides is 1. The molecule has 1 unspecified atom stereocenters. The van der Waals surface area contributed by atoms with Gasteiger partial charge in [-0.2, -0.15) is 0 Å². The third kappa shape index (κ3) is 3.79. The van der Waals surface area contributed by atoms with Gasteiger partial charge in [-0.3, -0.25) is 9.59 Å². The van der Waals surface area contributed by atoms with E-state index in [2.05, 4.69) is 5.32 Å². The van der Waals surface area contributed by atoms with Crippen LogP contribution in [0.1, 0.15) is 37.8 Å². The molecule has 1 amide bonds. The highest BCUT2D eigenvalue weighted by molar-refractivity contribution is 5.98. The average Bonchev–Trinajstić information content (AvgIpc) is 2.54. The minimum absolute atomic E-state index is 0.271. The van der Waals surface area contributed by atoms with Gasteiger partial charge in [0.1, 0.15) is 5.82 Å². The van der Waals surface area contributed by atoms with Gasteiger partial charge in [0.05, 0.1) is 11.3 Å². The van der Waals surface area contributed by atoms with Crippen LogP contribution < -0.4 is 5.32 Å². The van der Waals surface area contributed by atoms with Crippen molar-refractivity contribution in [3.05, 3.63) is 65.5 Å². The van der Waals surface area contributed by atoms with Gasteiger partial charge in [-0.1, -0.05) is 24.3 Å². The second-order valence-electron chi connectivity index (χ2n) is 6.27. The minimum Gasteiger partial charge on any atom is -0.481 e. The molecule has 4 nitrogen and oxygen atoms in total. The summed E-state index contributed by atoms with van der Waals surface area (Å²) in [7, 11) is 0. The van der Waals surface area contributed by atoms with Crippen LogP contribution in [-0.2, 0) is 15.0 Å². The monoisotopic (exact) mass is 329 g/mol. The van der Waals surface area contributed by atoms with Crippen molar-refractivity contribution < 1.29 is 19.1 Å². The SMILES string of the molecule is CC(C(=O)O)c1ccc(NC(=O)C(C)(C)c2cccc(F)c2)cc1. The number of aliphatic carboxylic acids is 1. The van der Waals surface area contributed by atoms with E-state index in [1.807, 2.05) is 0 Å². The Morgan fingerprint density at radius 2 is 1.75 bits per heavy atom. The standard InChI is InChI=1S/C19H20FNO3/c1-12(17(22)23)13-7-9-16(10-8-13)21-18(24)19(2,3)14-5-4-6-15(20)11-14/h4-12H,1-3H3,(H,21,24)(H,22,23). The van der Waals surface area contributed by atoms with Crippen molar-refractivity contribution in [3.8, 4) is 0 Å². The summed E-state index contributed by atoms with van der Waals surface area (Å²) >= 11 is 0. The van der Waals surface area contributed by atoms with E-state index in [4.69, 9.17) is 5.11 Å². The lowest BCUT2D eigenvalue weighted by Gasteiger charge is -2.24. The summed E-state index contributed by atoms with van der Waals surface area (Å²) in [6.07, 6.45) is 0. The average molecular weight is 329 g/mol. The molecule has 0 saturated carbocycles. The number of nitrogens with one attached hydrogen (secondary N) is 1. The first kappa shape index (κ1) is 17.7. The fraction of sp³-hybridized carbons (Fsp3) is 0.263. The molecule has 0 heterocycles. The number of carbonyl (C=O) groups is 2. The first-order chi connectivity index (χ1) is 11.2. The highest BCUT2D eigenvalue weighted by atomic mass is 19.1. The first-order valence-electron chi connectivity index (χ1n) is 7.62. The first-order valence-corrected chi connectivity index (χ1v) is 7.62. The molecule has 2 aromatic carbocycles. The summed E-state index contributed by atoms with van der Waals surface area (Å²) in [5.41, 5.74) is 0.890. The number of carbonyl (C=O) groups excluding carboxylic acids is 1. The Hall–Kier alpha value is -2.69. The Morgan fingerprint density at radius 1 is 1.12 bits per heavy atom. The van der Waals surface area contributed by atoms with Gasteiger partial charge in [0.2, 0.25) is 5.91 Å². The number of carboxylic acids is 1. The number of benzene rings is 2. The fourth-order valence-electron chi connectivity index (χ4n) is 2.29. The number of hydrogen-bond donors (Lipinski definition) is 2. The molecule has 0 radical (unpaired) electrons. The number of hydrogen-bond acceptors (Lipinski definition) is 2. The Morgan fingerprint density at radius 3 is 2.29 bits per heavy atom. The number of carboxylic acid groups (broad SMARTS) is 1. The lowest BCUT2D eigenvalue weighted by molar-refractivity contribution is -0.138. The van der Waals surface area contributed by atoms with Crippen molar-refractivity contribution >= 4 is 17.6 Å². The van der Waals surface area contributed by atoms with Crippen molar-refractivity contribution in [2.75, 3.05) is 5.32 Å². The third-order valence-electron chi connectivity index (χ3n) is 4.15. The molecule has 126 valence electrons. The molecule has 0 saturated heterocycles. The van der Waals surface area contributed by atoms with Crippen molar-refractivity contribution in [2.24, 2.45) is 0 Å². The third-order valence-corrected chi connectivity index (χ3v) is 4.15. The summed E-state index contributed by atoms with van der Waals surface area (Å²) in [5, 5.41) is 11.8. The molecule has 0 bridgehead atoms. The van der Waals surface area contributed by atoms with Gasteiger partial charge in [0.15, 0.2) is 0 Å². The largest absolute Gasteiger partial charge is 0.481 e. The van der Waals surface area contributed by atoms with Gasteiger partial charge < -0.3 is 10.4 Å². The lowest BCUT2D eigenvalue weighted by atomic mass is 9.83. The van der Waals surface area contributed by atoms with Crippen LogP contribution in [0.3, 0.4) is 0 Å². The maximum Gasteiger partial charge on any atom is 0.310 e. The Bertz CT molecular complexity index is 753. The van der Waals surface area contributed by atoms with Crippen LogP contribution in [0.4, 0.5) is 10.1 Å². The molecule has 5 heteroatoms. The molecule has 0 aliphatic carbocycles. The molecule has 0 aliphatic rings. The maximum atomic E-state index is 13.4. The van der Waals surface area contributed by atoms with Crippen molar-refractivity contribution in [3.63, 3.8) is 0 Å². The maximum absolute atomic E-state index is 13.4. The molecule has 2 N–H and O–H groups in total. The lowest BCUT2D eigenvalue weighted by Crippen LogP contribution is -2.34. The van der Waals surface area contributed by atoms with E-state index in [-0.39, 0.29) is 11.7 Å². The second kappa shape index (κ2) is 6.83. The molecule has 2 aromatic rings. The van der Waals surface area contributed by atoms with Crippen LogP contribution in [0.5, 0.6) is 0 Å². The highest BCUT2D eigenvalue weighted by Crippen LogP contribution is 2.26. The zero-order chi connectivity index (χ0) is 17.9. The number of anilines is 1. The summed E-state index contributed by atoms with van der Waals surface area (Å²) in [6, 6.07) is 12.6. The van der Waals surface area contributed by atoms with E-state index in [0.717, 1.165) is 0 Å². The van der Waals surface area contributed by atoms with Crippen molar-refractivity contribution in [1.29, 1.82) is 0 Å². The molecular formula is C19H20FNO3. The summed E-state index contributed by atoms with van der Waals surface area (Å²) < 4.78 is 13.4. The van der Waals surface area contributed by atoms with Crippen molar-refractivity contribution in [2.45, 2.75) is 32.1 Å². The topological polar surface area (TPSA) is 66.4 Å². The second-order valence-corrected chi connectivity index (χ2v) is 6.27. The molecule has 2 rings (SSSR count).